The van der Waals surface area contributed by atoms with Gasteiger partial charge in [-0.25, -0.2) is 4.79 Å². The summed E-state index contributed by atoms with van der Waals surface area (Å²) >= 11 is 0. The van der Waals surface area contributed by atoms with E-state index in [1.54, 1.807) is 0 Å². The predicted octanol–water partition coefficient (Wildman–Crippen LogP) is -1.09. The average Bonchev–Trinajstić information content (AvgIpc) is 2.44. The quantitative estimate of drug-likeness (QED) is 0.249. The van der Waals surface area contributed by atoms with Gasteiger partial charge in [0.05, 0.1) is 5.56 Å². The van der Waals surface area contributed by atoms with Crippen LogP contribution in [0.25, 0.3) is 0 Å². The van der Waals surface area contributed by atoms with Crippen LogP contribution in [0.1, 0.15) is 23.2 Å². The van der Waals surface area contributed by atoms with Gasteiger partial charge in [-0.1, -0.05) is 23.9 Å². The van der Waals surface area contributed by atoms with Gasteiger partial charge in [-0.2, -0.15) is 0 Å². The first-order chi connectivity index (χ1) is 10.3. The van der Waals surface area contributed by atoms with E-state index in [1.165, 1.54) is 24.3 Å². The van der Waals surface area contributed by atoms with Crippen LogP contribution in [0.15, 0.2) is 29.3 Å². The van der Waals surface area contributed by atoms with Crippen molar-refractivity contribution in [3.8, 4) is 5.75 Å². The van der Waals surface area contributed by atoms with Crippen LogP contribution in [-0.4, -0.2) is 40.7 Å². The van der Waals surface area contributed by atoms with E-state index in [2.05, 4.69) is 4.99 Å². The van der Waals surface area contributed by atoms with Crippen molar-refractivity contribution in [3.05, 3.63) is 29.8 Å². The SMILES string of the molecule is NC(N)=NCCC[C@H](N)C(=O)O.O=C(O)c1ccccc1[O-]. The second kappa shape index (κ2) is 10.00. The number of carboxylic acids is 2. The molecule has 9 nitrogen and oxygen atoms in total. The molecular weight excluding hydrogens is 292 g/mol. The van der Waals surface area contributed by atoms with Gasteiger partial charge in [-0.15, -0.1) is 0 Å². The van der Waals surface area contributed by atoms with Gasteiger partial charge in [-0.05, 0) is 18.9 Å². The van der Waals surface area contributed by atoms with Crippen molar-refractivity contribution in [1.29, 1.82) is 0 Å². The zero-order chi connectivity index (χ0) is 17.1. The van der Waals surface area contributed by atoms with Crippen molar-refractivity contribution in [2.45, 2.75) is 18.9 Å². The van der Waals surface area contributed by atoms with Crippen LogP contribution in [-0.2, 0) is 4.79 Å². The second-order valence-electron chi connectivity index (χ2n) is 4.19. The summed E-state index contributed by atoms with van der Waals surface area (Å²) in [5.41, 5.74) is 15.1. The number of hydrogen-bond acceptors (Lipinski definition) is 5. The van der Waals surface area contributed by atoms with Crippen LogP contribution >= 0.6 is 0 Å². The predicted molar refractivity (Wildman–Crippen MR) is 78.4 cm³/mol. The smallest absolute Gasteiger partial charge is 0.335 e. The molecule has 0 amide bonds. The Morgan fingerprint density at radius 2 is 1.82 bits per heavy atom. The molecule has 0 bridgehead atoms. The number of aliphatic imine (C=N–C) groups is 1. The minimum atomic E-state index is -1.18. The second-order valence-corrected chi connectivity index (χ2v) is 4.19. The molecule has 0 aliphatic carbocycles. The Morgan fingerprint density at radius 3 is 2.23 bits per heavy atom. The number of carbonyl (C=O) groups is 2. The van der Waals surface area contributed by atoms with Gasteiger partial charge < -0.3 is 32.5 Å². The Hall–Kier alpha value is -2.81. The highest BCUT2D eigenvalue weighted by Gasteiger charge is 2.09. The minimum absolute atomic E-state index is 0.0129. The molecule has 0 saturated carbocycles. The molecule has 0 spiro atoms. The van der Waals surface area contributed by atoms with Crippen LogP contribution < -0.4 is 22.3 Å². The molecule has 0 radical (unpaired) electrons. The first kappa shape index (κ1) is 19.2. The molecule has 0 aliphatic rings. The van der Waals surface area contributed by atoms with E-state index in [4.69, 9.17) is 27.4 Å². The lowest BCUT2D eigenvalue weighted by Crippen LogP contribution is -2.30. The number of carboxylic acid groups (broad SMARTS) is 2. The summed E-state index contributed by atoms with van der Waals surface area (Å²) in [5.74, 6) is -2.61. The third-order valence-corrected chi connectivity index (χ3v) is 2.40. The molecule has 9 heteroatoms. The molecule has 0 aromatic heterocycles. The molecule has 122 valence electrons. The van der Waals surface area contributed by atoms with Gasteiger partial charge in [0.2, 0.25) is 0 Å². The Morgan fingerprint density at radius 1 is 1.23 bits per heavy atom. The largest absolute Gasteiger partial charge is 0.872 e. The van der Waals surface area contributed by atoms with Crippen molar-refractivity contribution in [1.82, 2.24) is 0 Å². The van der Waals surface area contributed by atoms with E-state index in [0.717, 1.165) is 0 Å². The lowest BCUT2D eigenvalue weighted by molar-refractivity contribution is -0.268. The van der Waals surface area contributed by atoms with Gasteiger partial charge in [0, 0.05) is 6.54 Å². The fourth-order valence-electron chi connectivity index (χ4n) is 1.29. The highest BCUT2D eigenvalue weighted by atomic mass is 16.4. The van der Waals surface area contributed by atoms with Gasteiger partial charge in [0.1, 0.15) is 6.04 Å². The summed E-state index contributed by atoms with van der Waals surface area (Å²) in [5, 5.41) is 27.4. The van der Waals surface area contributed by atoms with Crippen LogP contribution in [0.2, 0.25) is 0 Å². The van der Waals surface area contributed by atoms with Crippen molar-refractivity contribution in [3.63, 3.8) is 0 Å². The first-order valence-corrected chi connectivity index (χ1v) is 6.28. The summed E-state index contributed by atoms with van der Waals surface area (Å²) in [6.45, 7) is 0.420. The van der Waals surface area contributed by atoms with Crippen molar-refractivity contribution < 1.29 is 24.9 Å². The topological polar surface area (TPSA) is 188 Å². The van der Waals surface area contributed by atoms with Gasteiger partial charge >= 0.3 is 11.9 Å². The van der Waals surface area contributed by atoms with Crippen LogP contribution in [0, 0.1) is 0 Å². The molecule has 0 unspecified atom stereocenters. The summed E-state index contributed by atoms with van der Waals surface area (Å²) in [6, 6.07) is 4.72. The third-order valence-electron chi connectivity index (χ3n) is 2.40. The number of benzene rings is 1. The monoisotopic (exact) mass is 311 g/mol. The average molecular weight is 311 g/mol. The molecule has 0 fully saturated rings. The third kappa shape index (κ3) is 8.38. The number of rotatable bonds is 6. The summed E-state index contributed by atoms with van der Waals surface area (Å²) < 4.78 is 0. The van der Waals surface area contributed by atoms with Gasteiger partial charge in [-0.3, -0.25) is 9.79 Å². The highest BCUT2D eigenvalue weighted by Crippen LogP contribution is 2.10. The maximum Gasteiger partial charge on any atom is 0.335 e. The van der Waals surface area contributed by atoms with E-state index < -0.39 is 23.7 Å². The van der Waals surface area contributed by atoms with E-state index in [0.29, 0.717) is 19.4 Å². The van der Waals surface area contributed by atoms with Gasteiger partial charge in [0.25, 0.3) is 0 Å². The summed E-state index contributed by atoms with van der Waals surface area (Å²) in [6.07, 6.45) is 0.956. The maximum atomic E-state index is 10.7. The molecule has 0 saturated heterocycles. The first-order valence-electron chi connectivity index (χ1n) is 6.28. The number of aliphatic carboxylic acids is 1. The van der Waals surface area contributed by atoms with E-state index in [9.17, 15) is 14.7 Å². The van der Waals surface area contributed by atoms with Crippen LogP contribution in [0.3, 0.4) is 0 Å². The molecule has 1 aromatic rings. The Kier molecular flexibility index (Phi) is 8.72. The minimum Gasteiger partial charge on any atom is -0.872 e. The molecular formula is C13H19N4O5-. The molecule has 1 rings (SSSR count). The molecule has 0 heterocycles. The van der Waals surface area contributed by atoms with E-state index in [1.807, 2.05) is 0 Å². The number of nitrogens with two attached hydrogens (primary N) is 3. The number of hydrogen-bond donors (Lipinski definition) is 5. The van der Waals surface area contributed by atoms with E-state index >= 15 is 0 Å². The van der Waals surface area contributed by atoms with Crippen LogP contribution in [0.5, 0.6) is 5.75 Å². The zero-order valence-electron chi connectivity index (χ0n) is 11.8. The van der Waals surface area contributed by atoms with Gasteiger partial charge in [0.15, 0.2) is 5.96 Å². The maximum absolute atomic E-state index is 10.7. The molecule has 22 heavy (non-hydrogen) atoms. The molecule has 8 N–H and O–H groups in total. The number of para-hydroxylation sites is 1. The number of aromatic carboxylic acids is 1. The molecule has 1 aromatic carbocycles. The Balaban J connectivity index is 0.000000406. The van der Waals surface area contributed by atoms with Crippen molar-refractivity contribution >= 4 is 17.9 Å². The molecule has 0 aliphatic heterocycles. The molecule has 1 atom stereocenters. The lowest BCUT2D eigenvalue weighted by Gasteiger charge is -2.07. The zero-order valence-corrected chi connectivity index (χ0v) is 11.8. The van der Waals surface area contributed by atoms with Crippen molar-refractivity contribution in [2.24, 2.45) is 22.2 Å². The fraction of sp³-hybridized carbons (Fsp3) is 0.308. The lowest BCUT2D eigenvalue weighted by atomic mass is 10.2. The normalized spacial score (nSPS) is 10.8. The van der Waals surface area contributed by atoms with Crippen molar-refractivity contribution in [2.75, 3.05) is 6.54 Å². The number of guanidine groups is 1. The van der Waals surface area contributed by atoms with E-state index in [-0.39, 0.29) is 11.5 Å². The standard InChI is InChI=1S/C7H6O3.C6H14N4O2/c8-6-4-2-1-3-5(6)7(9)10;7-4(5(11)12)2-1-3-10-6(8)9/h1-4,8H,(H,9,10);4H,1-3,7H2,(H,11,12)(H4,8,9,10)/p-1/t;4-/m.0/s1. The number of nitrogens with zero attached hydrogens (tertiary/aromatic N) is 1. The van der Waals surface area contributed by atoms with Crippen LogP contribution in [0.4, 0.5) is 0 Å². The Bertz CT molecular complexity index is 529. The fourth-order valence-corrected chi connectivity index (χ4v) is 1.29. The summed E-state index contributed by atoms with van der Waals surface area (Å²) in [7, 11) is 0. The Labute approximate surface area is 127 Å². The summed E-state index contributed by atoms with van der Waals surface area (Å²) in [4.78, 5) is 24.1. The highest BCUT2D eigenvalue weighted by molar-refractivity contribution is 5.90.